The van der Waals surface area contributed by atoms with Crippen molar-refractivity contribution in [3.63, 3.8) is 0 Å². The average Bonchev–Trinajstić information content (AvgIpc) is 2.31. The molecule has 4 nitrogen and oxygen atoms in total. The lowest BCUT2D eigenvalue weighted by Crippen LogP contribution is -2.60. The second-order valence-corrected chi connectivity index (χ2v) is 5.12. The molecule has 1 saturated carbocycles. The van der Waals surface area contributed by atoms with E-state index in [0.29, 0.717) is 24.3 Å². The first-order valence-corrected chi connectivity index (χ1v) is 5.94. The number of hydrogen-bond donors (Lipinski definition) is 1. The minimum absolute atomic E-state index is 0.155. The number of rotatable bonds is 5. The Morgan fingerprint density at radius 3 is 2.59 bits per heavy atom. The maximum Gasteiger partial charge on any atom is 0.333 e. The van der Waals surface area contributed by atoms with Gasteiger partial charge < -0.3 is 14.8 Å². The van der Waals surface area contributed by atoms with Gasteiger partial charge in [0.05, 0.1) is 13.2 Å². The fourth-order valence-electron chi connectivity index (χ4n) is 2.23. The van der Waals surface area contributed by atoms with Crippen LogP contribution in [-0.4, -0.2) is 38.9 Å². The van der Waals surface area contributed by atoms with Gasteiger partial charge in [0, 0.05) is 30.7 Å². The molecule has 0 heterocycles. The molecule has 17 heavy (non-hydrogen) atoms. The van der Waals surface area contributed by atoms with Crippen LogP contribution < -0.4 is 5.32 Å². The Bertz CT molecular complexity index is 310. The number of ether oxygens (including phenoxy) is 2. The van der Waals surface area contributed by atoms with Crippen LogP contribution in [0.4, 0.5) is 0 Å². The van der Waals surface area contributed by atoms with Gasteiger partial charge >= 0.3 is 5.97 Å². The number of hydrogen-bond acceptors (Lipinski definition) is 4. The molecule has 2 unspecified atom stereocenters. The van der Waals surface area contributed by atoms with Crippen LogP contribution in [0.25, 0.3) is 0 Å². The quantitative estimate of drug-likeness (QED) is 0.585. The van der Waals surface area contributed by atoms with Gasteiger partial charge in [0.2, 0.25) is 0 Å². The van der Waals surface area contributed by atoms with Crippen LogP contribution in [0.15, 0.2) is 11.6 Å². The van der Waals surface area contributed by atoms with E-state index < -0.39 is 0 Å². The molecule has 0 aliphatic heterocycles. The summed E-state index contributed by atoms with van der Waals surface area (Å²) in [4.78, 5) is 11.2. The van der Waals surface area contributed by atoms with Crippen molar-refractivity contribution in [1.29, 1.82) is 0 Å². The van der Waals surface area contributed by atoms with Gasteiger partial charge in [-0.1, -0.05) is 19.9 Å². The second kappa shape index (κ2) is 5.65. The number of methoxy groups -OCH3 is 2. The van der Waals surface area contributed by atoms with Gasteiger partial charge in [0.15, 0.2) is 0 Å². The van der Waals surface area contributed by atoms with E-state index in [1.807, 2.05) is 6.08 Å². The Hall–Kier alpha value is -0.870. The molecule has 2 atom stereocenters. The average molecular weight is 241 g/mol. The van der Waals surface area contributed by atoms with Crippen LogP contribution >= 0.6 is 0 Å². The van der Waals surface area contributed by atoms with Crippen LogP contribution in [0, 0.1) is 5.41 Å². The molecule has 1 rings (SSSR count). The van der Waals surface area contributed by atoms with E-state index in [1.165, 1.54) is 7.11 Å². The van der Waals surface area contributed by atoms with Crippen LogP contribution in [0.5, 0.6) is 0 Å². The van der Waals surface area contributed by atoms with E-state index in [4.69, 9.17) is 4.74 Å². The summed E-state index contributed by atoms with van der Waals surface area (Å²) in [6, 6.07) is 0.439. The molecular weight excluding hydrogens is 218 g/mol. The lowest BCUT2D eigenvalue weighted by Gasteiger charge is -2.51. The minimum atomic E-state index is -0.269. The van der Waals surface area contributed by atoms with E-state index in [1.54, 1.807) is 14.0 Å². The molecule has 1 fully saturated rings. The summed E-state index contributed by atoms with van der Waals surface area (Å²) in [6.07, 6.45) is 3.21. The lowest BCUT2D eigenvalue weighted by molar-refractivity contribution is -0.136. The molecule has 1 aliphatic rings. The summed E-state index contributed by atoms with van der Waals surface area (Å²) in [6.45, 7) is 6.83. The van der Waals surface area contributed by atoms with E-state index in [9.17, 15) is 4.79 Å². The number of nitrogens with one attached hydrogen (secondary N) is 1. The Kier molecular flexibility index (Phi) is 4.71. The van der Waals surface area contributed by atoms with Crippen molar-refractivity contribution in [2.45, 2.75) is 39.3 Å². The molecule has 0 spiro atoms. The highest BCUT2D eigenvalue weighted by atomic mass is 16.5. The molecule has 98 valence electrons. The Balaban J connectivity index is 2.36. The van der Waals surface area contributed by atoms with Gasteiger partial charge in [-0.25, -0.2) is 4.79 Å². The van der Waals surface area contributed by atoms with Gasteiger partial charge in [-0.3, -0.25) is 0 Å². The van der Waals surface area contributed by atoms with E-state index in [2.05, 4.69) is 23.9 Å². The van der Waals surface area contributed by atoms with Gasteiger partial charge in [0.1, 0.15) is 0 Å². The van der Waals surface area contributed by atoms with Crippen molar-refractivity contribution in [2.24, 2.45) is 5.41 Å². The molecule has 1 aliphatic carbocycles. The monoisotopic (exact) mass is 241 g/mol. The van der Waals surface area contributed by atoms with Crippen molar-refractivity contribution in [3.05, 3.63) is 11.6 Å². The summed E-state index contributed by atoms with van der Waals surface area (Å²) < 4.78 is 10.0. The summed E-state index contributed by atoms with van der Waals surface area (Å²) in [7, 11) is 3.15. The Morgan fingerprint density at radius 1 is 1.47 bits per heavy atom. The topological polar surface area (TPSA) is 47.6 Å². The standard InChI is InChI=1S/C13H23NO3/c1-9(12(15)17-5)6-7-14-10-8-11(16-4)13(10,2)3/h6,10-11,14H,7-8H2,1-5H3/b9-6-. The Morgan fingerprint density at radius 2 is 2.12 bits per heavy atom. The summed E-state index contributed by atoms with van der Waals surface area (Å²) in [5, 5.41) is 3.42. The van der Waals surface area contributed by atoms with Crippen LogP contribution in [-0.2, 0) is 14.3 Å². The highest BCUT2D eigenvalue weighted by Gasteiger charge is 2.47. The van der Waals surface area contributed by atoms with E-state index in [0.717, 1.165) is 6.42 Å². The smallest absolute Gasteiger partial charge is 0.333 e. The predicted molar refractivity (Wildman–Crippen MR) is 66.8 cm³/mol. The van der Waals surface area contributed by atoms with Gasteiger partial charge in [-0.2, -0.15) is 0 Å². The van der Waals surface area contributed by atoms with Gasteiger partial charge in [-0.15, -0.1) is 0 Å². The number of carbonyl (C=O) groups is 1. The largest absolute Gasteiger partial charge is 0.466 e. The molecule has 0 radical (unpaired) electrons. The molecule has 0 bridgehead atoms. The number of carbonyl (C=O) groups excluding carboxylic acids is 1. The van der Waals surface area contributed by atoms with Crippen LogP contribution in [0.1, 0.15) is 27.2 Å². The highest BCUT2D eigenvalue weighted by Crippen LogP contribution is 2.42. The van der Waals surface area contributed by atoms with Crippen molar-refractivity contribution in [1.82, 2.24) is 5.32 Å². The highest BCUT2D eigenvalue weighted by molar-refractivity contribution is 5.87. The maximum atomic E-state index is 11.2. The molecule has 4 heteroatoms. The zero-order valence-corrected chi connectivity index (χ0v) is 11.4. The second-order valence-electron chi connectivity index (χ2n) is 5.12. The maximum absolute atomic E-state index is 11.2. The van der Waals surface area contributed by atoms with Crippen LogP contribution in [0.3, 0.4) is 0 Å². The number of esters is 1. The first-order valence-electron chi connectivity index (χ1n) is 5.94. The molecule has 0 amide bonds. The summed E-state index contributed by atoms with van der Waals surface area (Å²) >= 11 is 0. The zero-order chi connectivity index (χ0) is 13.1. The molecule has 0 aromatic rings. The van der Waals surface area contributed by atoms with Crippen molar-refractivity contribution in [2.75, 3.05) is 20.8 Å². The lowest BCUT2D eigenvalue weighted by atomic mass is 9.64. The Labute approximate surface area is 103 Å². The fraction of sp³-hybridized carbons (Fsp3) is 0.769. The van der Waals surface area contributed by atoms with Crippen LogP contribution in [0.2, 0.25) is 0 Å². The summed E-state index contributed by atoms with van der Waals surface area (Å²) in [5.74, 6) is -0.269. The fourth-order valence-corrected chi connectivity index (χ4v) is 2.23. The first-order chi connectivity index (χ1) is 7.93. The molecule has 0 saturated heterocycles. The van der Waals surface area contributed by atoms with Crippen molar-refractivity contribution >= 4 is 5.97 Å². The third-order valence-corrected chi connectivity index (χ3v) is 3.74. The van der Waals surface area contributed by atoms with Crippen molar-refractivity contribution < 1.29 is 14.3 Å². The van der Waals surface area contributed by atoms with E-state index in [-0.39, 0.29) is 11.4 Å². The first kappa shape index (κ1) is 14.2. The molecule has 1 N–H and O–H groups in total. The zero-order valence-electron chi connectivity index (χ0n) is 11.4. The van der Waals surface area contributed by atoms with Gasteiger partial charge in [-0.05, 0) is 13.3 Å². The third kappa shape index (κ3) is 3.07. The molecular formula is C13H23NO3. The molecule has 0 aromatic heterocycles. The molecule has 0 aromatic carbocycles. The SMILES string of the molecule is COC(=O)/C(C)=C\CNC1CC(OC)C1(C)C. The third-order valence-electron chi connectivity index (χ3n) is 3.74. The van der Waals surface area contributed by atoms with Gasteiger partial charge in [0.25, 0.3) is 0 Å². The predicted octanol–water partition coefficient (Wildman–Crippen LogP) is 1.51. The van der Waals surface area contributed by atoms with E-state index >= 15 is 0 Å². The normalized spacial score (nSPS) is 27.5. The minimum Gasteiger partial charge on any atom is -0.466 e. The summed E-state index contributed by atoms with van der Waals surface area (Å²) in [5.41, 5.74) is 0.794. The van der Waals surface area contributed by atoms with Crippen molar-refractivity contribution in [3.8, 4) is 0 Å².